The molecule has 1 aliphatic rings. The molecule has 0 saturated heterocycles. The van der Waals surface area contributed by atoms with E-state index in [2.05, 4.69) is 48.1 Å². The fourth-order valence-electron chi connectivity index (χ4n) is 3.60. The van der Waals surface area contributed by atoms with Gasteiger partial charge in [0.2, 0.25) is 11.9 Å². The molecule has 0 bridgehead atoms. The van der Waals surface area contributed by atoms with Gasteiger partial charge in [-0.25, -0.2) is 9.97 Å². The van der Waals surface area contributed by atoms with Crippen LogP contribution in [0.15, 0.2) is 24.3 Å². The van der Waals surface area contributed by atoms with Crippen molar-refractivity contribution in [3.05, 3.63) is 35.4 Å². The molecule has 152 valence electrons. The second kappa shape index (κ2) is 8.04. The molecule has 3 aromatic rings. The van der Waals surface area contributed by atoms with Crippen LogP contribution in [0.25, 0.3) is 11.0 Å². The summed E-state index contributed by atoms with van der Waals surface area (Å²) in [4.78, 5) is 18.3. The number of hydrogen-bond donors (Lipinski definition) is 5. The first-order valence-corrected chi connectivity index (χ1v) is 9.86. The van der Waals surface area contributed by atoms with Gasteiger partial charge >= 0.3 is 0 Å². The topological polar surface area (TPSA) is 120 Å². The van der Waals surface area contributed by atoms with Crippen molar-refractivity contribution in [1.82, 2.24) is 19.9 Å². The second-order valence-electron chi connectivity index (χ2n) is 7.01. The van der Waals surface area contributed by atoms with Crippen LogP contribution in [0.2, 0.25) is 0 Å². The summed E-state index contributed by atoms with van der Waals surface area (Å²) in [6, 6.07) is 7.79. The molecule has 5 N–H and O–H groups in total. The third kappa shape index (κ3) is 3.61. The zero-order valence-corrected chi connectivity index (χ0v) is 16.8. The van der Waals surface area contributed by atoms with Crippen molar-refractivity contribution in [3.8, 4) is 0 Å². The normalized spacial score (nSPS) is 17.8. The zero-order chi connectivity index (χ0) is 20.4. The van der Waals surface area contributed by atoms with Gasteiger partial charge in [0.25, 0.3) is 0 Å². The summed E-state index contributed by atoms with van der Waals surface area (Å²) in [7, 11) is 3.55. The molecule has 0 unspecified atom stereocenters. The highest BCUT2D eigenvalue weighted by Gasteiger charge is 2.32. The van der Waals surface area contributed by atoms with E-state index in [1.807, 2.05) is 24.3 Å². The number of aliphatic hydroxyl groups is 1. The number of aromatic nitrogens is 4. The number of nitrogens with one attached hydrogen (secondary N) is 4. The Bertz CT molecular complexity index is 1020. The molecule has 0 aliphatic heterocycles. The quantitative estimate of drug-likeness (QED) is 0.411. The number of nitrogens with zero attached hydrogens (tertiary/aromatic N) is 4. The monoisotopic (exact) mass is 394 g/mol. The van der Waals surface area contributed by atoms with E-state index in [-0.39, 0.29) is 6.04 Å². The Hall–Kier alpha value is -3.20. The molecule has 0 fully saturated rings. The maximum atomic E-state index is 10.7. The number of benzene rings is 1. The van der Waals surface area contributed by atoms with Crippen LogP contribution in [0.5, 0.6) is 0 Å². The lowest BCUT2D eigenvalue weighted by molar-refractivity contribution is 0.165. The van der Waals surface area contributed by atoms with Crippen LogP contribution in [0, 0.1) is 0 Å². The van der Waals surface area contributed by atoms with E-state index in [0.29, 0.717) is 41.0 Å². The fourth-order valence-corrected chi connectivity index (χ4v) is 3.60. The fraction of sp³-hybridized carbons (Fsp3) is 0.400. The van der Waals surface area contributed by atoms with Crippen LogP contribution >= 0.6 is 0 Å². The molecule has 0 radical (unpaired) electrons. The Morgan fingerprint density at radius 1 is 0.966 bits per heavy atom. The maximum absolute atomic E-state index is 10.7. The Morgan fingerprint density at radius 3 is 2.31 bits per heavy atom. The highest BCUT2D eigenvalue weighted by atomic mass is 16.3. The minimum absolute atomic E-state index is 0.269. The highest BCUT2D eigenvalue weighted by Crippen LogP contribution is 2.36. The number of aliphatic hydroxyl groups excluding tert-OH is 1. The van der Waals surface area contributed by atoms with E-state index in [1.165, 1.54) is 0 Å². The maximum Gasteiger partial charge on any atom is 0.225 e. The average Bonchev–Trinajstić information content (AvgIpc) is 3.06. The van der Waals surface area contributed by atoms with Crippen molar-refractivity contribution < 1.29 is 5.11 Å². The van der Waals surface area contributed by atoms with E-state index in [0.717, 1.165) is 24.1 Å². The Kier molecular flexibility index (Phi) is 5.30. The third-order valence-electron chi connectivity index (χ3n) is 5.03. The zero-order valence-electron chi connectivity index (χ0n) is 16.8. The summed E-state index contributed by atoms with van der Waals surface area (Å²) in [5, 5.41) is 23.4. The third-order valence-corrected chi connectivity index (χ3v) is 5.03. The van der Waals surface area contributed by atoms with Crippen LogP contribution in [0.4, 0.5) is 23.5 Å². The summed E-state index contributed by atoms with van der Waals surface area (Å²) < 4.78 is 0. The minimum Gasteiger partial charge on any atom is -0.390 e. The molecule has 1 aliphatic carbocycles. The van der Waals surface area contributed by atoms with Gasteiger partial charge in [-0.05, 0) is 17.5 Å². The van der Waals surface area contributed by atoms with Gasteiger partial charge in [-0.1, -0.05) is 31.2 Å². The summed E-state index contributed by atoms with van der Waals surface area (Å²) >= 11 is 0. The van der Waals surface area contributed by atoms with Crippen molar-refractivity contribution >= 4 is 34.6 Å². The largest absolute Gasteiger partial charge is 0.390 e. The molecule has 2 heterocycles. The average molecular weight is 394 g/mol. The lowest BCUT2D eigenvalue weighted by Gasteiger charge is -2.20. The molecule has 9 heteroatoms. The van der Waals surface area contributed by atoms with Gasteiger partial charge < -0.3 is 26.4 Å². The number of anilines is 4. The SMILES string of the molecule is CCCNc1nc(NC)nc2c(N[C@@H]3c4ccccc4C[C@@H]3O)nc(NC)nc12. The van der Waals surface area contributed by atoms with Crippen molar-refractivity contribution in [1.29, 1.82) is 0 Å². The molecule has 4 rings (SSSR count). The first-order chi connectivity index (χ1) is 14.1. The first-order valence-electron chi connectivity index (χ1n) is 9.86. The standard InChI is InChI=1S/C20H26N8O/c1-4-9-23-17-15-16(26-19(21-2)27-17)18(28-20(22-3)25-15)24-14-12-8-6-5-7-11(12)10-13(14)29/h5-8,13-14,29H,4,9-10H2,1-3H3,(H2,21,23,26,27)(H2,22,24,25,28)/t13-,14+/m0/s1. The van der Waals surface area contributed by atoms with Crippen molar-refractivity contribution in [2.45, 2.75) is 31.9 Å². The van der Waals surface area contributed by atoms with Gasteiger partial charge in [0.15, 0.2) is 11.6 Å². The number of hydrogen-bond acceptors (Lipinski definition) is 9. The summed E-state index contributed by atoms with van der Waals surface area (Å²) in [6.07, 6.45) is 1.02. The van der Waals surface area contributed by atoms with Gasteiger partial charge in [-0.2, -0.15) is 9.97 Å². The molecule has 0 amide bonds. The Labute approximate surface area is 169 Å². The Morgan fingerprint density at radius 2 is 1.62 bits per heavy atom. The summed E-state index contributed by atoms with van der Waals surface area (Å²) in [5.74, 6) is 2.14. The van der Waals surface area contributed by atoms with Crippen LogP contribution in [0.3, 0.4) is 0 Å². The van der Waals surface area contributed by atoms with Crippen LogP contribution < -0.4 is 21.3 Å². The molecule has 0 spiro atoms. The van der Waals surface area contributed by atoms with Gasteiger partial charge in [-0.15, -0.1) is 0 Å². The molecule has 1 aromatic carbocycles. The minimum atomic E-state index is -0.543. The smallest absolute Gasteiger partial charge is 0.225 e. The molecular formula is C20H26N8O. The van der Waals surface area contributed by atoms with Gasteiger partial charge in [0.1, 0.15) is 11.0 Å². The van der Waals surface area contributed by atoms with E-state index in [1.54, 1.807) is 14.1 Å². The van der Waals surface area contributed by atoms with E-state index >= 15 is 0 Å². The van der Waals surface area contributed by atoms with Gasteiger partial charge in [0, 0.05) is 27.1 Å². The van der Waals surface area contributed by atoms with E-state index in [9.17, 15) is 5.11 Å². The molecule has 29 heavy (non-hydrogen) atoms. The molecule has 2 atom stereocenters. The first kappa shape index (κ1) is 19.1. The van der Waals surface area contributed by atoms with Gasteiger partial charge in [0.05, 0.1) is 12.1 Å². The lowest BCUT2D eigenvalue weighted by Crippen LogP contribution is -2.22. The predicted molar refractivity (Wildman–Crippen MR) is 116 cm³/mol. The summed E-state index contributed by atoms with van der Waals surface area (Å²) in [5.41, 5.74) is 3.43. The van der Waals surface area contributed by atoms with Crippen LogP contribution in [-0.2, 0) is 6.42 Å². The van der Waals surface area contributed by atoms with Gasteiger partial charge in [-0.3, -0.25) is 0 Å². The van der Waals surface area contributed by atoms with Crippen molar-refractivity contribution in [3.63, 3.8) is 0 Å². The predicted octanol–water partition coefficient (Wildman–Crippen LogP) is 2.40. The van der Waals surface area contributed by atoms with Crippen LogP contribution in [0.1, 0.15) is 30.5 Å². The number of rotatable bonds is 7. The molecular weight excluding hydrogens is 368 g/mol. The van der Waals surface area contributed by atoms with E-state index < -0.39 is 6.10 Å². The second-order valence-corrected chi connectivity index (χ2v) is 7.01. The van der Waals surface area contributed by atoms with Crippen molar-refractivity contribution in [2.24, 2.45) is 0 Å². The number of fused-ring (bicyclic) bond motifs is 2. The van der Waals surface area contributed by atoms with Crippen molar-refractivity contribution in [2.75, 3.05) is 41.9 Å². The summed E-state index contributed by atoms with van der Waals surface area (Å²) in [6.45, 7) is 2.86. The molecule has 2 aromatic heterocycles. The van der Waals surface area contributed by atoms with Crippen LogP contribution in [-0.4, -0.2) is 51.8 Å². The lowest BCUT2D eigenvalue weighted by atomic mass is 10.1. The molecule has 0 saturated carbocycles. The highest BCUT2D eigenvalue weighted by molar-refractivity contribution is 5.94. The van der Waals surface area contributed by atoms with E-state index in [4.69, 9.17) is 0 Å². The molecule has 9 nitrogen and oxygen atoms in total. The Balaban J connectivity index is 1.83.